The molecule has 3 atom stereocenters. The third-order valence-corrected chi connectivity index (χ3v) is 5.58. The SMILES string of the molecule is CN1C[C@@H](O)[C@H](N(C)C(=O)CC2CCCc3ccc(C(=O)O)cc32)C1. The summed E-state index contributed by atoms with van der Waals surface area (Å²) < 4.78 is 0. The summed E-state index contributed by atoms with van der Waals surface area (Å²) in [7, 11) is 3.69. The van der Waals surface area contributed by atoms with Crippen LogP contribution in [-0.2, 0) is 11.2 Å². The molecule has 0 bridgehead atoms. The number of nitrogens with zero attached hydrogens (tertiary/aromatic N) is 2. The van der Waals surface area contributed by atoms with E-state index in [2.05, 4.69) is 0 Å². The average Bonchev–Trinajstić information content (AvgIpc) is 2.92. The van der Waals surface area contributed by atoms with Crippen molar-refractivity contribution < 1.29 is 19.8 Å². The van der Waals surface area contributed by atoms with E-state index in [1.165, 1.54) is 0 Å². The number of aromatic carboxylic acids is 1. The predicted molar refractivity (Wildman–Crippen MR) is 93.8 cm³/mol. The summed E-state index contributed by atoms with van der Waals surface area (Å²) in [5.74, 6) is -0.875. The molecule has 6 heteroatoms. The summed E-state index contributed by atoms with van der Waals surface area (Å²) in [5.41, 5.74) is 2.42. The summed E-state index contributed by atoms with van der Waals surface area (Å²) in [6.45, 7) is 1.25. The van der Waals surface area contributed by atoms with E-state index in [0.717, 1.165) is 30.4 Å². The first-order valence-electron chi connectivity index (χ1n) is 8.85. The molecule has 2 aliphatic rings. The first-order valence-corrected chi connectivity index (χ1v) is 8.85. The minimum Gasteiger partial charge on any atom is -0.478 e. The Hall–Kier alpha value is -1.92. The van der Waals surface area contributed by atoms with Crippen LogP contribution >= 0.6 is 0 Å². The van der Waals surface area contributed by atoms with Crippen LogP contribution in [0.15, 0.2) is 18.2 Å². The molecule has 0 saturated carbocycles. The minimum absolute atomic E-state index is 0.0120. The quantitative estimate of drug-likeness (QED) is 0.860. The Morgan fingerprint density at radius 3 is 2.72 bits per heavy atom. The van der Waals surface area contributed by atoms with Crippen molar-refractivity contribution in [1.29, 1.82) is 0 Å². The Balaban J connectivity index is 1.74. The zero-order chi connectivity index (χ0) is 18.1. The lowest BCUT2D eigenvalue weighted by molar-refractivity contribution is -0.133. The number of fused-ring (bicyclic) bond motifs is 1. The van der Waals surface area contributed by atoms with Crippen molar-refractivity contribution in [3.05, 3.63) is 34.9 Å². The van der Waals surface area contributed by atoms with E-state index in [9.17, 15) is 19.8 Å². The first kappa shape index (κ1) is 17.9. The molecule has 1 aliphatic heterocycles. The second kappa shape index (κ2) is 7.14. The number of benzene rings is 1. The van der Waals surface area contributed by atoms with Gasteiger partial charge < -0.3 is 20.0 Å². The molecule has 25 heavy (non-hydrogen) atoms. The molecule has 1 fully saturated rings. The number of carbonyl (C=O) groups excluding carboxylic acids is 1. The van der Waals surface area contributed by atoms with Crippen LogP contribution in [0.4, 0.5) is 0 Å². The van der Waals surface area contributed by atoms with E-state index in [0.29, 0.717) is 19.5 Å². The van der Waals surface area contributed by atoms with Crippen molar-refractivity contribution in [1.82, 2.24) is 9.80 Å². The lowest BCUT2D eigenvalue weighted by Gasteiger charge is -2.30. The number of hydrogen-bond donors (Lipinski definition) is 2. The molecule has 136 valence electrons. The molecule has 0 radical (unpaired) electrons. The number of amides is 1. The van der Waals surface area contributed by atoms with Crippen LogP contribution < -0.4 is 0 Å². The number of rotatable bonds is 4. The fourth-order valence-electron chi connectivity index (χ4n) is 4.12. The molecule has 3 rings (SSSR count). The van der Waals surface area contributed by atoms with E-state index >= 15 is 0 Å². The van der Waals surface area contributed by atoms with Gasteiger partial charge in [-0.1, -0.05) is 6.07 Å². The van der Waals surface area contributed by atoms with E-state index < -0.39 is 12.1 Å². The van der Waals surface area contributed by atoms with Crippen LogP contribution in [0.25, 0.3) is 0 Å². The second-order valence-corrected chi connectivity index (χ2v) is 7.37. The molecule has 1 amide bonds. The highest BCUT2D eigenvalue weighted by Crippen LogP contribution is 2.35. The Kier molecular flexibility index (Phi) is 5.11. The zero-order valence-corrected chi connectivity index (χ0v) is 14.8. The molecule has 1 aromatic rings. The summed E-state index contributed by atoms with van der Waals surface area (Å²) in [5, 5.41) is 19.4. The van der Waals surface area contributed by atoms with Crippen molar-refractivity contribution in [2.75, 3.05) is 27.2 Å². The summed E-state index contributed by atoms with van der Waals surface area (Å²) in [6, 6.07) is 5.08. The number of likely N-dealkylation sites (N-methyl/N-ethyl adjacent to an activating group) is 2. The predicted octanol–water partition coefficient (Wildman–Crippen LogP) is 1.33. The molecule has 1 aliphatic carbocycles. The zero-order valence-electron chi connectivity index (χ0n) is 14.8. The molecule has 0 aromatic heterocycles. The number of aryl methyl sites for hydroxylation is 1. The maximum absolute atomic E-state index is 12.8. The van der Waals surface area contributed by atoms with Gasteiger partial charge in [-0.05, 0) is 55.5 Å². The highest BCUT2D eigenvalue weighted by atomic mass is 16.4. The molecule has 2 N–H and O–H groups in total. The first-order chi connectivity index (χ1) is 11.9. The Bertz CT molecular complexity index is 675. The molecule has 1 aromatic carbocycles. The van der Waals surface area contributed by atoms with Crippen LogP contribution in [0.3, 0.4) is 0 Å². The van der Waals surface area contributed by atoms with Gasteiger partial charge in [-0.15, -0.1) is 0 Å². The van der Waals surface area contributed by atoms with Gasteiger partial charge in [0.25, 0.3) is 0 Å². The molecule has 0 spiro atoms. The summed E-state index contributed by atoms with van der Waals surface area (Å²) >= 11 is 0. The van der Waals surface area contributed by atoms with Crippen LogP contribution in [0.1, 0.15) is 46.7 Å². The number of aliphatic hydroxyl groups is 1. The lowest BCUT2D eigenvalue weighted by atomic mass is 9.80. The number of carbonyl (C=O) groups is 2. The third-order valence-electron chi connectivity index (χ3n) is 5.58. The number of hydrogen-bond acceptors (Lipinski definition) is 4. The van der Waals surface area contributed by atoms with Gasteiger partial charge in [0.05, 0.1) is 17.7 Å². The molecule has 1 heterocycles. The van der Waals surface area contributed by atoms with Crippen molar-refractivity contribution in [2.45, 2.75) is 43.7 Å². The van der Waals surface area contributed by atoms with Crippen LogP contribution in [0.5, 0.6) is 0 Å². The normalized spacial score (nSPS) is 26.3. The number of carboxylic acid groups (broad SMARTS) is 1. The lowest BCUT2D eigenvalue weighted by Crippen LogP contribution is -2.44. The van der Waals surface area contributed by atoms with Crippen molar-refractivity contribution >= 4 is 11.9 Å². The van der Waals surface area contributed by atoms with E-state index in [1.807, 2.05) is 18.0 Å². The van der Waals surface area contributed by atoms with Gasteiger partial charge in [0.15, 0.2) is 0 Å². The fourth-order valence-corrected chi connectivity index (χ4v) is 4.12. The monoisotopic (exact) mass is 346 g/mol. The fraction of sp³-hybridized carbons (Fsp3) is 0.579. The molecule has 1 unspecified atom stereocenters. The summed E-state index contributed by atoms with van der Waals surface area (Å²) in [4.78, 5) is 27.7. The maximum Gasteiger partial charge on any atom is 0.335 e. The van der Waals surface area contributed by atoms with Crippen molar-refractivity contribution in [3.63, 3.8) is 0 Å². The Labute approximate surface area is 148 Å². The molecular formula is C19H26N2O4. The minimum atomic E-state index is -0.937. The molecule has 1 saturated heterocycles. The Morgan fingerprint density at radius 1 is 1.32 bits per heavy atom. The average molecular weight is 346 g/mol. The van der Waals surface area contributed by atoms with Gasteiger partial charge >= 0.3 is 5.97 Å². The number of aliphatic hydroxyl groups excluding tert-OH is 1. The number of likely N-dealkylation sites (tertiary alicyclic amines) is 1. The Morgan fingerprint density at radius 2 is 2.08 bits per heavy atom. The van der Waals surface area contributed by atoms with Crippen molar-refractivity contribution in [2.24, 2.45) is 0 Å². The van der Waals surface area contributed by atoms with Crippen molar-refractivity contribution in [3.8, 4) is 0 Å². The van der Waals surface area contributed by atoms with Gasteiger partial charge in [-0.3, -0.25) is 4.79 Å². The van der Waals surface area contributed by atoms with Gasteiger partial charge in [-0.25, -0.2) is 4.79 Å². The largest absolute Gasteiger partial charge is 0.478 e. The highest BCUT2D eigenvalue weighted by molar-refractivity contribution is 5.88. The maximum atomic E-state index is 12.8. The van der Waals surface area contributed by atoms with E-state index in [1.54, 1.807) is 24.1 Å². The van der Waals surface area contributed by atoms with Crippen LogP contribution in [0.2, 0.25) is 0 Å². The smallest absolute Gasteiger partial charge is 0.335 e. The van der Waals surface area contributed by atoms with Gasteiger partial charge in [0.2, 0.25) is 5.91 Å². The van der Waals surface area contributed by atoms with E-state index in [4.69, 9.17) is 0 Å². The molecular weight excluding hydrogens is 320 g/mol. The second-order valence-electron chi connectivity index (χ2n) is 7.37. The van der Waals surface area contributed by atoms with Gasteiger partial charge in [0.1, 0.15) is 0 Å². The number of β-amino-alcohol motifs (C(OH)–C–C–N with tert-alkyl or cyclic N) is 1. The summed E-state index contributed by atoms with van der Waals surface area (Å²) in [6.07, 6.45) is 2.68. The van der Waals surface area contributed by atoms with Crippen LogP contribution in [-0.4, -0.2) is 71.2 Å². The highest BCUT2D eigenvalue weighted by Gasteiger charge is 2.35. The number of carboxylic acids is 1. The van der Waals surface area contributed by atoms with E-state index in [-0.39, 0.29) is 23.4 Å². The van der Waals surface area contributed by atoms with Gasteiger partial charge in [0, 0.05) is 26.6 Å². The third kappa shape index (κ3) is 3.70. The van der Waals surface area contributed by atoms with Gasteiger partial charge in [-0.2, -0.15) is 0 Å². The topological polar surface area (TPSA) is 81.1 Å². The standard InChI is InChI=1S/C19H26N2O4/c1-20-10-16(17(22)11-20)21(2)18(23)9-13-5-3-4-12-6-7-14(19(24)25)8-15(12)13/h6-8,13,16-17,22H,3-5,9-11H2,1-2H3,(H,24,25)/t13?,16-,17-/m1/s1. The molecule has 6 nitrogen and oxygen atoms in total. The van der Waals surface area contributed by atoms with Crippen LogP contribution in [0, 0.1) is 0 Å².